The summed E-state index contributed by atoms with van der Waals surface area (Å²) >= 11 is 1.37. The van der Waals surface area contributed by atoms with E-state index in [1.165, 1.54) is 23.5 Å². The summed E-state index contributed by atoms with van der Waals surface area (Å²) in [6, 6.07) is 23.7. The van der Waals surface area contributed by atoms with Gasteiger partial charge in [-0.25, -0.2) is 9.37 Å². The van der Waals surface area contributed by atoms with Crippen molar-refractivity contribution in [3.05, 3.63) is 100 Å². The molecule has 4 nitrogen and oxygen atoms in total. The summed E-state index contributed by atoms with van der Waals surface area (Å²) in [5.74, 6) is 0.907. The predicted octanol–water partition coefficient (Wildman–Crippen LogP) is 6.60. The number of rotatable bonds is 7. The molecule has 0 aliphatic carbocycles. The summed E-state index contributed by atoms with van der Waals surface area (Å²) in [5, 5.41) is 12.1. The average Bonchev–Trinajstić information content (AvgIpc) is 3.32. The summed E-state index contributed by atoms with van der Waals surface area (Å²) in [7, 11) is 1.58. The van der Waals surface area contributed by atoms with Gasteiger partial charge in [-0.3, -0.25) is 0 Å². The highest BCUT2D eigenvalue weighted by Gasteiger charge is 2.11. The molecule has 4 aromatic rings. The van der Waals surface area contributed by atoms with Crippen LogP contribution in [0.1, 0.15) is 16.1 Å². The summed E-state index contributed by atoms with van der Waals surface area (Å²) < 4.78 is 24.6. The van der Waals surface area contributed by atoms with E-state index in [-0.39, 0.29) is 5.82 Å². The van der Waals surface area contributed by atoms with Gasteiger partial charge in [0.1, 0.15) is 23.5 Å². The number of halogens is 1. The van der Waals surface area contributed by atoms with E-state index in [0.717, 1.165) is 16.7 Å². The van der Waals surface area contributed by atoms with Crippen molar-refractivity contribution >= 4 is 23.0 Å². The molecule has 0 aliphatic heterocycles. The van der Waals surface area contributed by atoms with E-state index in [9.17, 15) is 9.65 Å². The summed E-state index contributed by atoms with van der Waals surface area (Å²) in [5.41, 5.74) is 3.79. The standard InChI is InChI=1S/C26H19FN2O2S/c1-30-25-14-19(7-12-24(25)31-16-18-5-3-2-4-6-18)13-21(15-28)26-29-23(17-32-26)20-8-10-22(27)11-9-20/h2-14,17H,16H2,1H3/b21-13-. The van der Waals surface area contributed by atoms with Crippen LogP contribution in [0.4, 0.5) is 4.39 Å². The number of benzene rings is 3. The molecule has 4 rings (SSSR count). The number of hydrogen-bond acceptors (Lipinski definition) is 5. The van der Waals surface area contributed by atoms with Crippen molar-refractivity contribution in [1.82, 2.24) is 4.98 Å². The number of hydrogen-bond donors (Lipinski definition) is 0. The lowest BCUT2D eigenvalue weighted by Crippen LogP contribution is -1.97. The Hall–Kier alpha value is -3.95. The third kappa shape index (κ3) is 5.02. The van der Waals surface area contributed by atoms with E-state index in [2.05, 4.69) is 11.1 Å². The molecule has 3 aromatic carbocycles. The van der Waals surface area contributed by atoms with E-state index < -0.39 is 0 Å². The van der Waals surface area contributed by atoms with Crippen molar-refractivity contribution < 1.29 is 13.9 Å². The molecule has 158 valence electrons. The Kier molecular flexibility index (Phi) is 6.59. The summed E-state index contributed by atoms with van der Waals surface area (Å²) in [6.07, 6.45) is 1.76. The minimum Gasteiger partial charge on any atom is -0.493 e. The molecule has 1 aromatic heterocycles. The molecule has 0 N–H and O–H groups in total. The number of methoxy groups -OCH3 is 1. The first-order valence-corrected chi connectivity index (χ1v) is 10.7. The summed E-state index contributed by atoms with van der Waals surface area (Å²) in [4.78, 5) is 4.55. The third-order valence-corrected chi connectivity index (χ3v) is 5.61. The number of nitriles is 1. The molecule has 0 saturated carbocycles. The lowest BCUT2D eigenvalue weighted by Gasteiger charge is -2.11. The van der Waals surface area contributed by atoms with Gasteiger partial charge in [0.15, 0.2) is 11.5 Å². The van der Waals surface area contributed by atoms with Gasteiger partial charge in [-0.05, 0) is 53.6 Å². The number of ether oxygens (including phenoxy) is 2. The van der Waals surface area contributed by atoms with Gasteiger partial charge in [0.2, 0.25) is 0 Å². The second kappa shape index (κ2) is 9.90. The minimum atomic E-state index is -0.299. The first-order chi connectivity index (χ1) is 15.7. The Bertz CT molecular complexity index is 1280. The summed E-state index contributed by atoms with van der Waals surface area (Å²) in [6.45, 7) is 0.432. The highest BCUT2D eigenvalue weighted by atomic mass is 32.1. The zero-order valence-corrected chi connectivity index (χ0v) is 18.1. The molecular formula is C26H19FN2O2S. The van der Waals surface area contributed by atoms with Crippen LogP contribution in [0, 0.1) is 17.1 Å². The fraction of sp³-hybridized carbons (Fsp3) is 0.0769. The predicted molar refractivity (Wildman–Crippen MR) is 125 cm³/mol. The molecule has 32 heavy (non-hydrogen) atoms. The van der Waals surface area contributed by atoms with Gasteiger partial charge in [0.25, 0.3) is 0 Å². The molecule has 0 radical (unpaired) electrons. The molecule has 0 aliphatic rings. The molecule has 0 amide bonds. The Morgan fingerprint density at radius 2 is 1.84 bits per heavy atom. The fourth-order valence-corrected chi connectivity index (χ4v) is 3.88. The van der Waals surface area contributed by atoms with E-state index >= 15 is 0 Å². The molecular weight excluding hydrogens is 423 g/mol. The van der Waals surface area contributed by atoms with Gasteiger partial charge in [-0.2, -0.15) is 5.26 Å². The second-order valence-corrected chi connectivity index (χ2v) is 7.76. The first kappa shape index (κ1) is 21.3. The SMILES string of the molecule is COc1cc(/C=C(/C#N)c2nc(-c3ccc(F)cc3)cs2)ccc1OCc1ccccc1. The van der Waals surface area contributed by atoms with E-state index in [1.807, 2.05) is 53.9 Å². The van der Waals surface area contributed by atoms with Crippen molar-refractivity contribution in [2.24, 2.45) is 0 Å². The fourth-order valence-electron chi connectivity index (χ4n) is 3.09. The lowest BCUT2D eigenvalue weighted by atomic mass is 10.1. The van der Waals surface area contributed by atoms with Crippen LogP contribution < -0.4 is 9.47 Å². The highest BCUT2D eigenvalue weighted by molar-refractivity contribution is 7.11. The topological polar surface area (TPSA) is 55.1 Å². The minimum absolute atomic E-state index is 0.299. The zero-order valence-electron chi connectivity index (χ0n) is 17.3. The van der Waals surface area contributed by atoms with Gasteiger partial charge in [0.05, 0.1) is 18.4 Å². The maximum Gasteiger partial charge on any atom is 0.161 e. The van der Waals surface area contributed by atoms with Gasteiger partial charge in [-0.15, -0.1) is 11.3 Å². The van der Waals surface area contributed by atoms with Crippen LogP contribution in [0.25, 0.3) is 22.9 Å². The van der Waals surface area contributed by atoms with Crippen LogP contribution in [-0.4, -0.2) is 12.1 Å². The van der Waals surface area contributed by atoms with E-state index in [4.69, 9.17) is 9.47 Å². The van der Waals surface area contributed by atoms with E-state index in [0.29, 0.717) is 34.4 Å². The smallest absolute Gasteiger partial charge is 0.161 e. The van der Waals surface area contributed by atoms with Crippen LogP contribution in [0.3, 0.4) is 0 Å². The molecule has 0 bridgehead atoms. The van der Waals surface area contributed by atoms with Crippen molar-refractivity contribution in [3.63, 3.8) is 0 Å². The van der Waals surface area contributed by atoms with Crippen molar-refractivity contribution in [3.8, 4) is 28.8 Å². The van der Waals surface area contributed by atoms with Crippen LogP contribution in [-0.2, 0) is 6.61 Å². The van der Waals surface area contributed by atoms with Crippen molar-refractivity contribution in [1.29, 1.82) is 5.26 Å². The number of aromatic nitrogens is 1. The average molecular weight is 443 g/mol. The molecule has 0 saturated heterocycles. The van der Waals surface area contributed by atoms with Gasteiger partial charge in [0, 0.05) is 10.9 Å². The molecule has 6 heteroatoms. The quantitative estimate of drug-likeness (QED) is 0.303. The van der Waals surface area contributed by atoms with Crippen LogP contribution in [0.15, 0.2) is 78.2 Å². The maximum atomic E-state index is 13.2. The first-order valence-electron chi connectivity index (χ1n) is 9.84. The van der Waals surface area contributed by atoms with Gasteiger partial charge >= 0.3 is 0 Å². The van der Waals surface area contributed by atoms with Crippen LogP contribution >= 0.6 is 11.3 Å². The lowest BCUT2D eigenvalue weighted by molar-refractivity contribution is 0.284. The Balaban J connectivity index is 1.55. The number of thiazole rings is 1. The Labute approximate surface area is 189 Å². The number of allylic oxidation sites excluding steroid dienone is 1. The normalized spacial score (nSPS) is 11.1. The monoisotopic (exact) mass is 442 g/mol. The van der Waals surface area contributed by atoms with Crippen molar-refractivity contribution in [2.75, 3.05) is 7.11 Å². The zero-order chi connectivity index (χ0) is 22.3. The molecule has 0 unspecified atom stereocenters. The highest BCUT2D eigenvalue weighted by Crippen LogP contribution is 2.32. The van der Waals surface area contributed by atoms with Gasteiger partial charge in [-0.1, -0.05) is 36.4 Å². The Morgan fingerprint density at radius 1 is 1.06 bits per heavy atom. The van der Waals surface area contributed by atoms with Crippen LogP contribution in [0.2, 0.25) is 0 Å². The van der Waals surface area contributed by atoms with Crippen LogP contribution in [0.5, 0.6) is 11.5 Å². The molecule has 0 fully saturated rings. The van der Waals surface area contributed by atoms with E-state index in [1.54, 1.807) is 25.3 Å². The molecule has 1 heterocycles. The number of nitrogens with zero attached hydrogens (tertiary/aromatic N) is 2. The molecule has 0 spiro atoms. The molecule has 0 atom stereocenters. The largest absolute Gasteiger partial charge is 0.493 e. The maximum absolute atomic E-state index is 13.2. The van der Waals surface area contributed by atoms with Crippen molar-refractivity contribution in [2.45, 2.75) is 6.61 Å². The third-order valence-electron chi connectivity index (χ3n) is 4.73. The Morgan fingerprint density at radius 3 is 2.56 bits per heavy atom. The second-order valence-electron chi connectivity index (χ2n) is 6.90. The van der Waals surface area contributed by atoms with Gasteiger partial charge < -0.3 is 9.47 Å².